The quantitative estimate of drug-likeness (QED) is 0.918. The minimum atomic E-state index is -0.839. The molecule has 80 valence electrons. The average Bonchev–Trinajstić information content (AvgIpc) is 2.64. The first-order chi connectivity index (χ1) is 7.02. The van der Waals surface area contributed by atoms with E-state index in [9.17, 15) is 4.79 Å². The monoisotopic (exact) mass is 270 g/mol. The lowest BCUT2D eigenvalue weighted by atomic mass is 10.0. The van der Waals surface area contributed by atoms with E-state index in [1.807, 2.05) is 6.92 Å². The maximum Gasteiger partial charge on any atom is 0.256 e. The van der Waals surface area contributed by atoms with Crippen LogP contribution in [0.25, 0.3) is 0 Å². The summed E-state index contributed by atoms with van der Waals surface area (Å²) in [6.45, 7) is 3.52. The molecule has 1 aromatic rings. The van der Waals surface area contributed by atoms with Crippen LogP contribution in [-0.2, 0) is 0 Å². The largest absolute Gasteiger partial charge is 0.457 e. The van der Waals surface area contributed by atoms with Crippen LogP contribution in [0.2, 0.25) is 0 Å². The van der Waals surface area contributed by atoms with E-state index < -0.39 is 5.54 Å². The fraction of sp³-hybridized carbons (Fsp3) is 0.400. The molecule has 0 radical (unpaired) electrons. The van der Waals surface area contributed by atoms with Crippen molar-refractivity contribution in [3.05, 3.63) is 22.6 Å². The van der Waals surface area contributed by atoms with E-state index in [4.69, 9.17) is 9.68 Å². The van der Waals surface area contributed by atoms with Crippen molar-refractivity contribution in [2.75, 3.05) is 0 Å². The Balaban J connectivity index is 2.82. The highest BCUT2D eigenvalue weighted by atomic mass is 79.9. The zero-order valence-electron chi connectivity index (χ0n) is 8.50. The summed E-state index contributed by atoms with van der Waals surface area (Å²) >= 11 is 3.11. The van der Waals surface area contributed by atoms with E-state index >= 15 is 0 Å². The Morgan fingerprint density at radius 2 is 2.47 bits per heavy atom. The van der Waals surface area contributed by atoms with Crippen LogP contribution in [0, 0.1) is 11.3 Å². The summed E-state index contributed by atoms with van der Waals surface area (Å²) in [6.07, 6.45) is 1.96. The molecule has 1 aromatic heterocycles. The van der Waals surface area contributed by atoms with Gasteiger partial charge in [0.2, 0.25) is 0 Å². The van der Waals surface area contributed by atoms with Gasteiger partial charge in [0.15, 0.2) is 4.67 Å². The molecule has 1 atom stereocenters. The van der Waals surface area contributed by atoms with E-state index in [0.717, 1.165) is 0 Å². The fourth-order valence-corrected chi connectivity index (χ4v) is 1.39. The fourth-order valence-electron chi connectivity index (χ4n) is 0.969. The lowest BCUT2D eigenvalue weighted by molar-refractivity contribution is 0.0921. The molecular formula is C10H11BrN2O2. The van der Waals surface area contributed by atoms with Crippen molar-refractivity contribution >= 4 is 21.8 Å². The van der Waals surface area contributed by atoms with Gasteiger partial charge in [0, 0.05) is 0 Å². The van der Waals surface area contributed by atoms with Crippen LogP contribution in [0.15, 0.2) is 21.4 Å². The lowest BCUT2D eigenvalue weighted by Gasteiger charge is -2.20. The molecule has 5 heteroatoms. The van der Waals surface area contributed by atoms with Gasteiger partial charge >= 0.3 is 0 Å². The van der Waals surface area contributed by atoms with E-state index in [1.165, 1.54) is 6.26 Å². The maximum atomic E-state index is 11.7. The Morgan fingerprint density at radius 3 is 2.87 bits per heavy atom. The molecule has 0 spiro atoms. The second kappa shape index (κ2) is 4.49. The molecule has 0 saturated heterocycles. The van der Waals surface area contributed by atoms with Crippen LogP contribution < -0.4 is 5.32 Å². The van der Waals surface area contributed by atoms with Crippen molar-refractivity contribution in [2.45, 2.75) is 25.8 Å². The van der Waals surface area contributed by atoms with Gasteiger partial charge in [-0.25, -0.2) is 0 Å². The highest BCUT2D eigenvalue weighted by Gasteiger charge is 2.25. The first kappa shape index (κ1) is 11.8. The Kier molecular flexibility index (Phi) is 3.53. The van der Waals surface area contributed by atoms with E-state index in [0.29, 0.717) is 16.7 Å². The highest BCUT2D eigenvalue weighted by Crippen LogP contribution is 2.18. The number of rotatable bonds is 3. The van der Waals surface area contributed by atoms with Crippen molar-refractivity contribution < 1.29 is 9.21 Å². The molecule has 15 heavy (non-hydrogen) atoms. The van der Waals surface area contributed by atoms with Gasteiger partial charge in [0.1, 0.15) is 5.54 Å². The average molecular weight is 271 g/mol. The molecular weight excluding hydrogens is 260 g/mol. The molecule has 1 unspecified atom stereocenters. The molecule has 0 aromatic carbocycles. The number of hydrogen-bond acceptors (Lipinski definition) is 3. The number of halogens is 1. The first-order valence-electron chi connectivity index (χ1n) is 4.49. The summed E-state index contributed by atoms with van der Waals surface area (Å²) in [4.78, 5) is 11.7. The molecule has 0 aliphatic heterocycles. The molecule has 1 rings (SSSR count). The van der Waals surface area contributed by atoms with Crippen molar-refractivity contribution in [2.24, 2.45) is 0 Å². The number of carbonyl (C=O) groups excluding carboxylic acids is 1. The topological polar surface area (TPSA) is 66.0 Å². The van der Waals surface area contributed by atoms with Gasteiger partial charge in [0.25, 0.3) is 5.91 Å². The van der Waals surface area contributed by atoms with Gasteiger partial charge in [-0.15, -0.1) is 0 Å². The number of nitrogens with zero attached hydrogens (tertiary/aromatic N) is 1. The predicted molar refractivity (Wildman–Crippen MR) is 58.2 cm³/mol. The summed E-state index contributed by atoms with van der Waals surface area (Å²) in [6, 6.07) is 3.61. The van der Waals surface area contributed by atoms with Crippen molar-refractivity contribution in [1.29, 1.82) is 5.26 Å². The highest BCUT2D eigenvalue weighted by molar-refractivity contribution is 9.10. The molecule has 0 aliphatic carbocycles. The Morgan fingerprint density at radius 1 is 1.80 bits per heavy atom. The number of furan rings is 1. The summed E-state index contributed by atoms with van der Waals surface area (Å²) in [5.41, 5.74) is -0.446. The second-order valence-corrected chi connectivity index (χ2v) is 4.08. The third kappa shape index (κ3) is 2.60. The van der Waals surface area contributed by atoms with Crippen LogP contribution in [0.5, 0.6) is 0 Å². The molecule has 0 saturated carbocycles. The summed E-state index contributed by atoms with van der Waals surface area (Å²) in [7, 11) is 0. The van der Waals surface area contributed by atoms with E-state index in [-0.39, 0.29) is 5.91 Å². The minimum absolute atomic E-state index is 0.318. The Labute approximate surface area is 96.4 Å². The van der Waals surface area contributed by atoms with E-state index in [1.54, 1.807) is 13.0 Å². The van der Waals surface area contributed by atoms with Gasteiger partial charge in [0.05, 0.1) is 17.9 Å². The van der Waals surface area contributed by atoms with Crippen LogP contribution in [0.4, 0.5) is 0 Å². The molecule has 4 nitrogen and oxygen atoms in total. The number of nitrogens with one attached hydrogen (secondary N) is 1. The van der Waals surface area contributed by atoms with Crippen LogP contribution in [0.1, 0.15) is 30.6 Å². The third-order valence-corrected chi connectivity index (χ3v) is 2.82. The van der Waals surface area contributed by atoms with Crippen molar-refractivity contribution in [1.82, 2.24) is 5.32 Å². The maximum absolute atomic E-state index is 11.7. The lowest BCUT2D eigenvalue weighted by Crippen LogP contribution is -2.44. The molecule has 0 aliphatic rings. The minimum Gasteiger partial charge on any atom is -0.457 e. The summed E-state index contributed by atoms with van der Waals surface area (Å²) < 4.78 is 5.31. The van der Waals surface area contributed by atoms with Crippen LogP contribution in [0.3, 0.4) is 0 Å². The third-order valence-electron chi connectivity index (χ3n) is 2.21. The van der Waals surface area contributed by atoms with Crippen LogP contribution >= 0.6 is 15.9 Å². The smallest absolute Gasteiger partial charge is 0.256 e. The SMILES string of the molecule is CCC(C)(C#N)NC(=O)c1ccoc1Br. The van der Waals surface area contributed by atoms with E-state index in [2.05, 4.69) is 27.3 Å². The normalized spacial score (nSPS) is 14.0. The van der Waals surface area contributed by atoms with Gasteiger partial charge in [-0.2, -0.15) is 5.26 Å². The van der Waals surface area contributed by atoms with Crippen molar-refractivity contribution in [3.8, 4) is 6.07 Å². The standard InChI is InChI=1S/C10H11BrN2O2/c1-3-10(2,6-12)13-9(14)7-4-5-15-8(7)11/h4-5H,3H2,1-2H3,(H,13,14). The second-order valence-electron chi connectivity index (χ2n) is 3.36. The molecule has 0 fully saturated rings. The number of hydrogen-bond donors (Lipinski definition) is 1. The first-order valence-corrected chi connectivity index (χ1v) is 5.28. The van der Waals surface area contributed by atoms with Gasteiger partial charge in [-0.05, 0) is 35.3 Å². The van der Waals surface area contributed by atoms with Crippen LogP contribution in [-0.4, -0.2) is 11.4 Å². The zero-order valence-corrected chi connectivity index (χ0v) is 10.1. The summed E-state index contributed by atoms with van der Waals surface area (Å²) in [5, 5.41) is 11.5. The Bertz CT molecular complexity index is 408. The number of amides is 1. The van der Waals surface area contributed by atoms with Crippen molar-refractivity contribution in [3.63, 3.8) is 0 Å². The van der Waals surface area contributed by atoms with Gasteiger partial charge in [-0.1, -0.05) is 6.92 Å². The van der Waals surface area contributed by atoms with Gasteiger partial charge in [-0.3, -0.25) is 4.79 Å². The predicted octanol–water partition coefficient (Wildman–Crippen LogP) is 2.46. The molecule has 1 N–H and O–H groups in total. The molecule has 0 bridgehead atoms. The molecule has 1 amide bonds. The number of nitriles is 1. The number of carbonyl (C=O) groups is 1. The zero-order chi connectivity index (χ0) is 11.5. The Hall–Kier alpha value is -1.28. The van der Waals surface area contributed by atoms with Gasteiger partial charge < -0.3 is 9.73 Å². The summed E-state index contributed by atoms with van der Waals surface area (Å²) in [5.74, 6) is -0.318. The molecule has 1 heterocycles.